The number of hydrogen-bond acceptors (Lipinski definition) is 3. The molecular formula is C16H29N3O. The van der Waals surface area contributed by atoms with Crippen LogP contribution in [-0.4, -0.2) is 44.5 Å². The summed E-state index contributed by atoms with van der Waals surface area (Å²) in [6.45, 7) is 6.72. The molecule has 0 spiro atoms. The van der Waals surface area contributed by atoms with Gasteiger partial charge >= 0.3 is 0 Å². The van der Waals surface area contributed by atoms with Gasteiger partial charge in [-0.3, -0.25) is 9.58 Å². The van der Waals surface area contributed by atoms with Gasteiger partial charge in [-0.05, 0) is 57.2 Å². The van der Waals surface area contributed by atoms with Crippen LogP contribution in [0.2, 0.25) is 0 Å². The van der Waals surface area contributed by atoms with E-state index in [1.54, 1.807) is 0 Å². The van der Waals surface area contributed by atoms with Gasteiger partial charge in [-0.2, -0.15) is 5.10 Å². The number of aryl methyl sites for hydroxylation is 2. The van der Waals surface area contributed by atoms with E-state index in [0.29, 0.717) is 0 Å². The first-order chi connectivity index (χ1) is 9.62. The Labute approximate surface area is 122 Å². The third-order valence-corrected chi connectivity index (χ3v) is 5.05. The number of aliphatic hydroxyl groups excluding tert-OH is 1. The van der Waals surface area contributed by atoms with Crippen LogP contribution in [0.5, 0.6) is 0 Å². The maximum Gasteiger partial charge on any atom is 0.0726 e. The molecule has 0 aliphatic carbocycles. The van der Waals surface area contributed by atoms with Crippen LogP contribution in [0.3, 0.4) is 0 Å². The largest absolute Gasteiger partial charge is 0.391 e. The summed E-state index contributed by atoms with van der Waals surface area (Å²) >= 11 is 0. The lowest BCUT2D eigenvalue weighted by Crippen LogP contribution is -2.55. The molecule has 20 heavy (non-hydrogen) atoms. The third-order valence-electron chi connectivity index (χ3n) is 5.05. The first-order valence-corrected chi connectivity index (χ1v) is 8.03. The molecule has 4 nitrogen and oxygen atoms in total. The van der Waals surface area contributed by atoms with E-state index >= 15 is 0 Å². The molecule has 1 N–H and O–H groups in total. The van der Waals surface area contributed by atoms with Gasteiger partial charge < -0.3 is 5.11 Å². The van der Waals surface area contributed by atoms with Crippen molar-refractivity contribution in [2.75, 3.05) is 13.1 Å². The smallest absolute Gasteiger partial charge is 0.0726 e. The molecule has 1 saturated heterocycles. The Balaban J connectivity index is 2.00. The minimum Gasteiger partial charge on any atom is -0.391 e. The zero-order chi connectivity index (χ0) is 14.6. The molecule has 0 aromatic carbocycles. The van der Waals surface area contributed by atoms with Gasteiger partial charge in [0.2, 0.25) is 0 Å². The average Bonchev–Trinajstić information content (AvgIpc) is 3.10. The zero-order valence-electron chi connectivity index (χ0n) is 13.2. The lowest BCUT2D eigenvalue weighted by atomic mass is 9.82. The van der Waals surface area contributed by atoms with Crippen LogP contribution in [0.1, 0.15) is 51.5 Å². The van der Waals surface area contributed by atoms with Crippen molar-refractivity contribution in [1.29, 1.82) is 0 Å². The predicted molar refractivity (Wildman–Crippen MR) is 81.7 cm³/mol. The lowest BCUT2D eigenvalue weighted by molar-refractivity contribution is -0.0313. The van der Waals surface area contributed by atoms with Crippen molar-refractivity contribution in [1.82, 2.24) is 14.7 Å². The molecule has 2 heterocycles. The van der Waals surface area contributed by atoms with Crippen LogP contribution in [0.4, 0.5) is 0 Å². The number of nitrogens with zero attached hydrogens (tertiary/aromatic N) is 3. The Kier molecular flexibility index (Phi) is 5.22. The highest BCUT2D eigenvalue weighted by Crippen LogP contribution is 2.33. The standard InChI is InChI=1S/C16H29N3O/c1-4-16(5-2,19-10-6-7-11-19)15(20)9-8-14-12-17-18(3)13-14/h12-13,15,20H,4-11H2,1-3H3. The summed E-state index contributed by atoms with van der Waals surface area (Å²) in [6.07, 6.45) is 10.0. The second-order valence-corrected chi connectivity index (χ2v) is 6.08. The molecule has 1 aliphatic heterocycles. The number of likely N-dealkylation sites (tertiary alicyclic amines) is 1. The van der Waals surface area contributed by atoms with Crippen molar-refractivity contribution in [2.45, 2.75) is 64.0 Å². The van der Waals surface area contributed by atoms with E-state index in [0.717, 1.165) is 38.8 Å². The van der Waals surface area contributed by atoms with Crippen LogP contribution < -0.4 is 0 Å². The van der Waals surface area contributed by atoms with Crippen LogP contribution in [0.25, 0.3) is 0 Å². The summed E-state index contributed by atoms with van der Waals surface area (Å²) in [7, 11) is 1.94. The molecule has 2 rings (SSSR count). The van der Waals surface area contributed by atoms with E-state index in [9.17, 15) is 5.11 Å². The normalized spacial score (nSPS) is 18.6. The van der Waals surface area contributed by atoms with Gasteiger partial charge in [0.15, 0.2) is 0 Å². The van der Waals surface area contributed by atoms with E-state index in [-0.39, 0.29) is 11.6 Å². The van der Waals surface area contributed by atoms with Gasteiger partial charge in [0, 0.05) is 18.8 Å². The van der Waals surface area contributed by atoms with E-state index < -0.39 is 0 Å². The molecule has 1 unspecified atom stereocenters. The monoisotopic (exact) mass is 279 g/mol. The zero-order valence-corrected chi connectivity index (χ0v) is 13.2. The molecule has 0 saturated carbocycles. The van der Waals surface area contributed by atoms with E-state index in [1.165, 1.54) is 18.4 Å². The molecule has 4 heteroatoms. The van der Waals surface area contributed by atoms with E-state index in [2.05, 4.69) is 23.8 Å². The van der Waals surface area contributed by atoms with Crippen molar-refractivity contribution in [3.8, 4) is 0 Å². The van der Waals surface area contributed by atoms with Gasteiger partial charge in [-0.15, -0.1) is 0 Å². The molecule has 0 bridgehead atoms. The Morgan fingerprint density at radius 3 is 2.45 bits per heavy atom. The molecule has 1 aromatic rings. The fraction of sp³-hybridized carbons (Fsp3) is 0.812. The molecule has 0 amide bonds. The Hall–Kier alpha value is -0.870. The summed E-state index contributed by atoms with van der Waals surface area (Å²) in [6, 6.07) is 0. The van der Waals surface area contributed by atoms with Crippen LogP contribution in [0.15, 0.2) is 12.4 Å². The molecule has 0 radical (unpaired) electrons. The number of aliphatic hydroxyl groups is 1. The summed E-state index contributed by atoms with van der Waals surface area (Å²) in [5.41, 5.74) is 1.19. The first kappa shape index (κ1) is 15.5. The van der Waals surface area contributed by atoms with Gasteiger partial charge in [0.25, 0.3) is 0 Å². The van der Waals surface area contributed by atoms with E-state index in [4.69, 9.17) is 0 Å². The average molecular weight is 279 g/mol. The summed E-state index contributed by atoms with van der Waals surface area (Å²) in [5, 5.41) is 15.0. The number of hydrogen-bond donors (Lipinski definition) is 1. The quantitative estimate of drug-likeness (QED) is 0.833. The first-order valence-electron chi connectivity index (χ1n) is 8.03. The highest BCUT2D eigenvalue weighted by molar-refractivity contribution is 5.05. The number of rotatable bonds is 7. The summed E-state index contributed by atoms with van der Waals surface area (Å²) in [4.78, 5) is 2.53. The van der Waals surface area contributed by atoms with Crippen LogP contribution >= 0.6 is 0 Å². The molecule has 114 valence electrons. The Morgan fingerprint density at radius 2 is 1.95 bits per heavy atom. The van der Waals surface area contributed by atoms with Gasteiger partial charge in [0.1, 0.15) is 0 Å². The molecule has 1 atom stereocenters. The van der Waals surface area contributed by atoms with E-state index in [1.807, 2.05) is 24.1 Å². The van der Waals surface area contributed by atoms with Gasteiger partial charge in [-0.1, -0.05) is 13.8 Å². The van der Waals surface area contributed by atoms with Gasteiger partial charge in [0.05, 0.1) is 12.3 Å². The van der Waals surface area contributed by atoms with Crippen LogP contribution in [0, 0.1) is 0 Å². The maximum absolute atomic E-state index is 10.8. The molecule has 1 fully saturated rings. The Morgan fingerprint density at radius 1 is 1.30 bits per heavy atom. The third kappa shape index (κ3) is 3.07. The molecule has 1 aliphatic rings. The summed E-state index contributed by atoms with van der Waals surface area (Å²) in [5.74, 6) is 0. The molecule has 1 aromatic heterocycles. The molecular weight excluding hydrogens is 250 g/mol. The highest BCUT2D eigenvalue weighted by atomic mass is 16.3. The Bertz CT molecular complexity index is 406. The number of aromatic nitrogens is 2. The van der Waals surface area contributed by atoms with Gasteiger partial charge in [-0.25, -0.2) is 0 Å². The minimum absolute atomic E-state index is 0.0291. The maximum atomic E-state index is 10.8. The summed E-state index contributed by atoms with van der Waals surface area (Å²) < 4.78 is 1.83. The highest BCUT2D eigenvalue weighted by Gasteiger charge is 2.40. The van der Waals surface area contributed by atoms with Crippen LogP contribution in [-0.2, 0) is 13.5 Å². The van der Waals surface area contributed by atoms with Crippen molar-refractivity contribution in [2.24, 2.45) is 7.05 Å². The van der Waals surface area contributed by atoms with Crippen molar-refractivity contribution < 1.29 is 5.11 Å². The van der Waals surface area contributed by atoms with Crippen molar-refractivity contribution in [3.05, 3.63) is 18.0 Å². The topological polar surface area (TPSA) is 41.3 Å². The predicted octanol–water partition coefficient (Wildman–Crippen LogP) is 2.37. The van der Waals surface area contributed by atoms with Crippen molar-refractivity contribution >= 4 is 0 Å². The minimum atomic E-state index is -0.254. The second-order valence-electron chi connectivity index (χ2n) is 6.08. The lowest BCUT2D eigenvalue weighted by Gasteiger charge is -2.44. The van der Waals surface area contributed by atoms with Crippen molar-refractivity contribution in [3.63, 3.8) is 0 Å². The SMILES string of the molecule is CCC(CC)(C(O)CCc1cnn(C)c1)N1CCCC1. The fourth-order valence-electron chi connectivity index (χ4n) is 3.71. The fourth-order valence-corrected chi connectivity index (χ4v) is 3.71. The second kappa shape index (κ2) is 6.72.